The maximum atomic E-state index is 12.6. The molecule has 1 aliphatic heterocycles. The van der Waals surface area contributed by atoms with E-state index in [1.165, 1.54) is 22.5 Å². The van der Waals surface area contributed by atoms with Crippen LogP contribution in [-0.2, 0) is 10.0 Å². The minimum atomic E-state index is -3.60. The van der Waals surface area contributed by atoms with E-state index in [4.69, 9.17) is 22.0 Å². The lowest BCUT2D eigenvalue weighted by molar-refractivity contribution is 0.203. The van der Waals surface area contributed by atoms with Crippen molar-refractivity contribution in [2.45, 2.75) is 24.2 Å². The van der Waals surface area contributed by atoms with Gasteiger partial charge < -0.3 is 5.11 Å². The van der Waals surface area contributed by atoms with Crippen LogP contribution in [0.2, 0.25) is 5.02 Å². The Labute approximate surface area is 129 Å². The van der Waals surface area contributed by atoms with Gasteiger partial charge in [0.1, 0.15) is 6.07 Å². The molecule has 2 rings (SSSR count). The Kier molecular flexibility index (Phi) is 5.22. The first-order valence-electron chi connectivity index (χ1n) is 6.79. The standard InChI is InChI=1S/C14H17ClN2O3S/c15-14-8-13(4-3-12(14)9-16)21(19,20)17-6-1-2-11(10-17)5-7-18/h3-4,8,11,18H,1-2,5-7,10H2. The third kappa shape index (κ3) is 3.55. The Morgan fingerprint density at radius 3 is 2.86 bits per heavy atom. The van der Waals surface area contributed by atoms with Gasteiger partial charge >= 0.3 is 0 Å². The molecule has 1 aromatic carbocycles. The molecule has 1 heterocycles. The first-order chi connectivity index (χ1) is 9.98. The minimum Gasteiger partial charge on any atom is -0.396 e. The summed E-state index contributed by atoms with van der Waals surface area (Å²) in [4.78, 5) is 0.108. The van der Waals surface area contributed by atoms with Crippen molar-refractivity contribution in [3.63, 3.8) is 0 Å². The Bertz CT molecular complexity index is 653. The molecule has 0 bridgehead atoms. The van der Waals surface area contributed by atoms with Crippen molar-refractivity contribution < 1.29 is 13.5 Å². The summed E-state index contributed by atoms with van der Waals surface area (Å²) in [6.07, 6.45) is 2.33. The van der Waals surface area contributed by atoms with Crippen molar-refractivity contribution in [3.05, 3.63) is 28.8 Å². The smallest absolute Gasteiger partial charge is 0.243 e. The molecule has 1 fully saturated rings. The highest BCUT2D eigenvalue weighted by atomic mass is 35.5. The molecule has 5 nitrogen and oxygen atoms in total. The SMILES string of the molecule is N#Cc1ccc(S(=O)(=O)N2CCCC(CCO)C2)cc1Cl. The predicted octanol–water partition coefficient (Wildman–Crippen LogP) is 1.99. The van der Waals surface area contributed by atoms with Gasteiger partial charge in [-0.1, -0.05) is 11.6 Å². The molecule has 0 aliphatic carbocycles. The quantitative estimate of drug-likeness (QED) is 0.916. The van der Waals surface area contributed by atoms with Gasteiger partial charge in [0.25, 0.3) is 0 Å². The summed E-state index contributed by atoms with van der Waals surface area (Å²) in [7, 11) is -3.60. The third-order valence-corrected chi connectivity index (χ3v) is 5.89. The molecule has 0 spiro atoms. The molecule has 1 aliphatic rings. The van der Waals surface area contributed by atoms with E-state index in [0.717, 1.165) is 12.8 Å². The van der Waals surface area contributed by atoms with Crippen LogP contribution in [0.4, 0.5) is 0 Å². The molecule has 0 amide bonds. The fourth-order valence-corrected chi connectivity index (χ4v) is 4.43. The highest BCUT2D eigenvalue weighted by Crippen LogP contribution is 2.27. The number of nitrogens with zero attached hydrogens (tertiary/aromatic N) is 2. The van der Waals surface area contributed by atoms with Gasteiger partial charge in [0.05, 0.1) is 15.5 Å². The van der Waals surface area contributed by atoms with E-state index >= 15 is 0 Å². The molecule has 7 heteroatoms. The number of rotatable bonds is 4. The van der Waals surface area contributed by atoms with Crippen molar-refractivity contribution in [2.24, 2.45) is 5.92 Å². The second-order valence-electron chi connectivity index (χ2n) is 5.14. The molecule has 0 radical (unpaired) electrons. The predicted molar refractivity (Wildman–Crippen MR) is 79.4 cm³/mol. The number of benzene rings is 1. The maximum absolute atomic E-state index is 12.6. The van der Waals surface area contributed by atoms with Crippen LogP contribution in [0.25, 0.3) is 0 Å². The lowest BCUT2D eigenvalue weighted by atomic mass is 9.97. The van der Waals surface area contributed by atoms with Crippen LogP contribution in [0.1, 0.15) is 24.8 Å². The molecule has 114 valence electrons. The van der Waals surface area contributed by atoms with Gasteiger partial charge in [0.2, 0.25) is 10.0 Å². The Morgan fingerprint density at radius 2 is 2.24 bits per heavy atom. The fraction of sp³-hybridized carbons (Fsp3) is 0.500. The second kappa shape index (κ2) is 6.75. The number of aliphatic hydroxyl groups is 1. The van der Waals surface area contributed by atoms with E-state index < -0.39 is 10.0 Å². The Hall–Kier alpha value is -1.13. The summed E-state index contributed by atoms with van der Waals surface area (Å²) in [6.45, 7) is 0.962. The molecule has 21 heavy (non-hydrogen) atoms. The summed E-state index contributed by atoms with van der Waals surface area (Å²) >= 11 is 5.91. The van der Waals surface area contributed by atoms with Crippen LogP contribution < -0.4 is 0 Å². The zero-order valence-corrected chi connectivity index (χ0v) is 13.1. The minimum absolute atomic E-state index is 0.0707. The molecular weight excluding hydrogens is 312 g/mol. The van der Waals surface area contributed by atoms with E-state index in [1.54, 1.807) is 0 Å². The average Bonchev–Trinajstić information content (AvgIpc) is 2.48. The summed E-state index contributed by atoms with van der Waals surface area (Å²) in [6, 6.07) is 6.07. The molecule has 1 aromatic rings. The molecule has 1 N–H and O–H groups in total. The molecule has 0 saturated carbocycles. The normalized spacial score (nSPS) is 20.1. The first-order valence-corrected chi connectivity index (χ1v) is 8.61. The number of nitriles is 1. The zero-order chi connectivity index (χ0) is 15.5. The lowest BCUT2D eigenvalue weighted by Gasteiger charge is -2.31. The van der Waals surface area contributed by atoms with Gasteiger partial charge in [-0.15, -0.1) is 0 Å². The number of sulfonamides is 1. The average molecular weight is 329 g/mol. The van der Waals surface area contributed by atoms with Gasteiger partial charge in [-0.25, -0.2) is 8.42 Å². The lowest BCUT2D eigenvalue weighted by Crippen LogP contribution is -2.40. The first kappa shape index (κ1) is 16.2. The van der Waals surface area contributed by atoms with Crippen molar-refractivity contribution in [1.29, 1.82) is 5.26 Å². The number of piperidine rings is 1. The van der Waals surface area contributed by atoms with Gasteiger partial charge in [0.15, 0.2) is 0 Å². The van der Waals surface area contributed by atoms with E-state index in [0.29, 0.717) is 19.5 Å². The van der Waals surface area contributed by atoms with E-state index in [1.807, 2.05) is 6.07 Å². The van der Waals surface area contributed by atoms with E-state index in [-0.39, 0.29) is 28.0 Å². The van der Waals surface area contributed by atoms with Crippen LogP contribution in [0.3, 0.4) is 0 Å². The Morgan fingerprint density at radius 1 is 1.48 bits per heavy atom. The second-order valence-corrected chi connectivity index (χ2v) is 7.48. The largest absolute Gasteiger partial charge is 0.396 e. The van der Waals surface area contributed by atoms with Crippen molar-refractivity contribution in [3.8, 4) is 6.07 Å². The number of hydrogen-bond donors (Lipinski definition) is 1. The molecule has 0 aromatic heterocycles. The zero-order valence-electron chi connectivity index (χ0n) is 11.5. The van der Waals surface area contributed by atoms with Crippen molar-refractivity contribution in [2.75, 3.05) is 19.7 Å². The van der Waals surface area contributed by atoms with Crippen molar-refractivity contribution >= 4 is 21.6 Å². The van der Waals surface area contributed by atoms with Crippen LogP contribution in [0, 0.1) is 17.2 Å². The number of halogens is 1. The summed E-state index contributed by atoms with van der Waals surface area (Å²) in [5.74, 6) is 0.187. The topological polar surface area (TPSA) is 81.4 Å². The van der Waals surface area contributed by atoms with Gasteiger partial charge in [-0.3, -0.25) is 0 Å². The van der Waals surface area contributed by atoms with E-state index in [9.17, 15) is 8.42 Å². The number of hydrogen-bond acceptors (Lipinski definition) is 4. The van der Waals surface area contributed by atoms with Gasteiger partial charge in [-0.2, -0.15) is 9.57 Å². The summed E-state index contributed by atoms with van der Waals surface area (Å²) in [5, 5.41) is 18.0. The van der Waals surface area contributed by atoms with E-state index in [2.05, 4.69) is 0 Å². The summed E-state index contributed by atoms with van der Waals surface area (Å²) < 4.78 is 26.7. The molecule has 1 unspecified atom stereocenters. The highest BCUT2D eigenvalue weighted by Gasteiger charge is 2.30. The van der Waals surface area contributed by atoms with Crippen LogP contribution in [-0.4, -0.2) is 37.5 Å². The summed E-state index contributed by atoms with van der Waals surface area (Å²) in [5.41, 5.74) is 0.257. The highest BCUT2D eigenvalue weighted by molar-refractivity contribution is 7.89. The molecule has 1 saturated heterocycles. The van der Waals surface area contributed by atoms with Gasteiger partial charge in [-0.05, 0) is 43.4 Å². The number of aliphatic hydroxyl groups excluding tert-OH is 1. The molecule has 1 atom stereocenters. The molecular formula is C14H17ClN2O3S. The monoisotopic (exact) mass is 328 g/mol. The Balaban J connectivity index is 2.25. The van der Waals surface area contributed by atoms with Crippen LogP contribution >= 0.6 is 11.6 Å². The van der Waals surface area contributed by atoms with Crippen LogP contribution in [0.15, 0.2) is 23.1 Å². The fourth-order valence-electron chi connectivity index (χ4n) is 2.56. The van der Waals surface area contributed by atoms with Gasteiger partial charge in [0, 0.05) is 19.7 Å². The van der Waals surface area contributed by atoms with Crippen LogP contribution in [0.5, 0.6) is 0 Å². The third-order valence-electron chi connectivity index (χ3n) is 3.72. The van der Waals surface area contributed by atoms with Crippen molar-refractivity contribution in [1.82, 2.24) is 4.31 Å². The maximum Gasteiger partial charge on any atom is 0.243 e.